The first kappa shape index (κ1) is 12.3. The molecule has 0 aliphatic carbocycles. The van der Waals surface area contributed by atoms with Gasteiger partial charge in [0.1, 0.15) is 5.82 Å². The van der Waals surface area contributed by atoms with Gasteiger partial charge in [-0.3, -0.25) is 0 Å². The van der Waals surface area contributed by atoms with Crippen LogP contribution in [-0.2, 0) is 0 Å². The third-order valence-electron chi connectivity index (χ3n) is 3.52. The van der Waals surface area contributed by atoms with Crippen molar-refractivity contribution in [1.82, 2.24) is 15.5 Å². The van der Waals surface area contributed by atoms with Gasteiger partial charge in [-0.15, -0.1) is 0 Å². The van der Waals surface area contributed by atoms with Crippen LogP contribution < -0.4 is 5.32 Å². The van der Waals surface area contributed by atoms with Gasteiger partial charge >= 0.3 is 0 Å². The van der Waals surface area contributed by atoms with Crippen molar-refractivity contribution in [1.29, 1.82) is 0 Å². The Morgan fingerprint density at radius 2 is 2.21 bits per heavy atom. The van der Waals surface area contributed by atoms with Crippen molar-refractivity contribution in [3.05, 3.63) is 36.0 Å². The number of halogens is 1. The summed E-state index contributed by atoms with van der Waals surface area (Å²) in [6.07, 6.45) is 2.13. The molecule has 0 spiro atoms. The first-order valence-corrected chi connectivity index (χ1v) is 6.56. The lowest BCUT2D eigenvalue weighted by Crippen LogP contribution is -2.30. The molecule has 1 N–H and O–H groups in total. The fraction of sp³-hybridized carbons (Fsp3) is 0.429. The number of nitrogens with one attached hydrogen (secondary N) is 1. The molecule has 2 heterocycles. The van der Waals surface area contributed by atoms with Crippen LogP contribution in [0.15, 0.2) is 28.8 Å². The molecule has 3 rings (SSSR count). The van der Waals surface area contributed by atoms with Gasteiger partial charge in [-0.2, -0.15) is 4.98 Å². The van der Waals surface area contributed by atoms with Gasteiger partial charge in [-0.25, -0.2) is 4.39 Å². The lowest BCUT2D eigenvalue weighted by molar-refractivity contribution is 0.260. The van der Waals surface area contributed by atoms with Gasteiger partial charge in [0, 0.05) is 0 Å². The van der Waals surface area contributed by atoms with E-state index >= 15 is 0 Å². The molecule has 1 fully saturated rings. The van der Waals surface area contributed by atoms with Crippen LogP contribution in [0, 0.1) is 11.7 Å². The molecule has 1 aromatic carbocycles. The van der Waals surface area contributed by atoms with Crippen molar-refractivity contribution < 1.29 is 8.91 Å². The number of rotatable bonds is 2. The largest absolute Gasteiger partial charge is 0.337 e. The van der Waals surface area contributed by atoms with E-state index in [1.807, 2.05) is 0 Å². The highest BCUT2D eigenvalue weighted by Crippen LogP contribution is 2.27. The third-order valence-corrected chi connectivity index (χ3v) is 3.52. The van der Waals surface area contributed by atoms with Gasteiger partial charge in [-0.1, -0.05) is 24.2 Å². The van der Waals surface area contributed by atoms with Crippen molar-refractivity contribution in [2.75, 3.05) is 6.54 Å². The van der Waals surface area contributed by atoms with Crippen LogP contribution in [0.3, 0.4) is 0 Å². The molecule has 1 saturated heterocycles. The van der Waals surface area contributed by atoms with Crippen LogP contribution in [0.2, 0.25) is 0 Å². The predicted octanol–water partition coefficient (Wildman–Crippen LogP) is 2.94. The molecule has 0 saturated carbocycles. The molecule has 2 unspecified atom stereocenters. The van der Waals surface area contributed by atoms with Crippen LogP contribution >= 0.6 is 0 Å². The maximum Gasteiger partial charge on any atom is 0.244 e. The highest BCUT2D eigenvalue weighted by atomic mass is 19.1. The summed E-state index contributed by atoms with van der Waals surface area (Å²) in [5, 5.41) is 7.24. The topological polar surface area (TPSA) is 51.0 Å². The number of aromatic nitrogens is 2. The lowest BCUT2D eigenvalue weighted by Gasteiger charge is -2.25. The van der Waals surface area contributed by atoms with E-state index in [1.54, 1.807) is 18.2 Å². The van der Waals surface area contributed by atoms with E-state index in [9.17, 15) is 4.39 Å². The molecule has 2 atom stereocenters. The first-order valence-electron chi connectivity index (χ1n) is 6.56. The Morgan fingerprint density at radius 3 is 3.00 bits per heavy atom. The summed E-state index contributed by atoms with van der Waals surface area (Å²) in [5.74, 6) is 1.16. The zero-order valence-electron chi connectivity index (χ0n) is 10.8. The Bertz CT molecular complexity index is 569. The number of benzene rings is 1. The second-order valence-corrected chi connectivity index (χ2v) is 5.07. The van der Waals surface area contributed by atoms with Crippen molar-refractivity contribution in [3.8, 4) is 11.4 Å². The van der Waals surface area contributed by atoms with Crippen LogP contribution in [0.1, 0.15) is 31.7 Å². The fourth-order valence-electron chi connectivity index (χ4n) is 2.42. The minimum Gasteiger partial charge on any atom is -0.337 e. The predicted molar refractivity (Wildman–Crippen MR) is 68.8 cm³/mol. The average Bonchev–Trinajstić information content (AvgIpc) is 2.89. The van der Waals surface area contributed by atoms with E-state index in [0.29, 0.717) is 23.2 Å². The zero-order chi connectivity index (χ0) is 13.2. The molecule has 2 aromatic rings. The summed E-state index contributed by atoms with van der Waals surface area (Å²) in [6, 6.07) is 6.53. The van der Waals surface area contributed by atoms with Crippen LogP contribution in [-0.4, -0.2) is 16.7 Å². The van der Waals surface area contributed by atoms with E-state index in [2.05, 4.69) is 22.4 Å². The normalized spacial score (nSPS) is 23.5. The molecule has 1 aromatic heterocycles. The molecule has 1 aliphatic heterocycles. The molecule has 0 amide bonds. The van der Waals surface area contributed by atoms with Crippen molar-refractivity contribution >= 4 is 0 Å². The summed E-state index contributed by atoms with van der Waals surface area (Å²) in [5.41, 5.74) is 0.376. The van der Waals surface area contributed by atoms with Gasteiger partial charge in [0.2, 0.25) is 11.7 Å². The molecular weight excluding hydrogens is 245 g/mol. The summed E-state index contributed by atoms with van der Waals surface area (Å²) >= 11 is 0. The smallest absolute Gasteiger partial charge is 0.244 e. The summed E-state index contributed by atoms with van der Waals surface area (Å²) < 4.78 is 18.9. The van der Waals surface area contributed by atoms with Gasteiger partial charge in [0.05, 0.1) is 11.6 Å². The van der Waals surface area contributed by atoms with E-state index < -0.39 is 0 Å². The number of piperidine rings is 1. The van der Waals surface area contributed by atoms with Crippen LogP contribution in [0.25, 0.3) is 11.4 Å². The maximum absolute atomic E-state index is 13.7. The number of hydrogen-bond donors (Lipinski definition) is 1. The number of hydrogen-bond acceptors (Lipinski definition) is 4. The molecular formula is C14H16FN3O. The van der Waals surface area contributed by atoms with Gasteiger partial charge in [0.25, 0.3) is 0 Å². The van der Waals surface area contributed by atoms with Crippen molar-refractivity contribution in [2.45, 2.75) is 25.8 Å². The van der Waals surface area contributed by atoms with E-state index in [0.717, 1.165) is 19.4 Å². The van der Waals surface area contributed by atoms with E-state index in [1.165, 1.54) is 6.07 Å². The van der Waals surface area contributed by atoms with E-state index in [-0.39, 0.29) is 11.9 Å². The monoisotopic (exact) mass is 261 g/mol. The Hall–Kier alpha value is -1.75. The second kappa shape index (κ2) is 5.09. The minimum atomic E-state index is -0.333. The Morgan fingerprint density at radius 1 is 1.37 bits per heavy atom. The Labute approximate surface area is 111 Å². The molecule has 100 valence electrons. The molecule has 0 bridgehead atoms. The van der Waals surface area contributed by atoms with Crippen molar-refractivity contribution in [2.24, 2.45) is 5.92 Å². The molecule has 4 nitrogen and oxygen atoms in total. The van der Waals surface area contributed by atoms with Crippen LogP contribution in [0.5, 0.6) is 0 Å². The molecule has 5 heteroatoms. The summed E-state index contributed by atoms with van der Waals surface area (Å²) in [6.45, 7) is 3.16. The van der Waals surface area contributed by atoms with Crippen molar-refractivity contribution in [3.63, 3.8) is 0 Å². The maximum atomic E-state index is 13.7. The molecule has 0 radical (unpaired) electrons. The summed E-state index contributed by atoms with van der Waals surface area (Å²) in [7, 11) is 0. The van der Waals surface area contributed by atoms with Gasteiger partial charge in [0.15, 0.2) is 0 Å². The van der Waals surface area contributed by atoms with Gasteiger partial charge < -0.3 is 9.84 Å². The van der Waals surface area contributed by atoms with Gasteiger partial charge in [-0.05, 0) is 37.4 Å². The second-order valence-electron chi connectivity index (χ2n) is 5.07. The standard InChI is InChI=1S/C14H16FN3O/c1-9-6-7-16-12(8-9)14-17-13(18-19-14)10-4-2-3-5-11(10)15/h2-5,9,12,16H,6-8H2,1H3. The Kier molecular flexibility index (Phi) is 3.29. The SMILES string of the molecule is CC1CCNC(c2nc(-c3ccccc3F)no2)C1. The highest BCUT2D eigenvalue weighted by Gasteiger charge is 2.25. The summed E-state index contributed by atoms with van der Waals surface area (Å²) in [4.78, 5) is 4.32. The quantitative estimate of drug-likeness (QED) is 0.903. The lowest BCUT2D eigenvalue weighted by atomic mass is 9.94. The molecule has 1 aliphatic rings. The average molecular weight is 261 g/mol. The highest BCUT2D eigenvalue weighted by molar-refractivity contribution is 5.54. The first-order chi connectivity index (χ1) is 9.24. The van der Waals surface area contributed by atoms with E-state index in [4.69, 9.17) is 4.52 Å². The minimum absolute atomic E-state index is 0.0803. The Balaban J connectivity index is 1.85. The fourth-order valence-corrected chi connectivity index (χ4v) is 2.42. The third kappa shape index (κ3) is 2.51. The van der Waals surface area contributed by atoms with Crippen LogP contribution in [0.4, 0.5) is 4.39 Å². The number of nitrogens with zero attached hydrogens (tertiary/aromatic N) is 2. The molecule has 19 heavy (non-hydrogen) atoms. The zero-order valence-corrected chi connectivity index (χ0v) is 10.8.